The first-order valence-corrected chi connectivity index (χ1v) is 7.63. The standard InChI is InChI=1S/C14H9BrN2O3S/c15-7-1-3-8(4-2-7)16-13(19)10-11(18)12-9(5-6-21-12)17-14(10)20/h1-6H,(H,16,19)(H2,17,18,20). The van der Waals surface area contributed by atoms with Gasteiger partial charge in [-0.3, -0.25) is 9.59 Å². The number of amides is 1. The molecule has 0 fully saturated rings. The molecule has 0 bridgehead atoms. The molecule has 3 N–H and O–H groups in total. The van der Waals surface area contributed by atoms with E-state index in [0.29, 0.717) is 15.9 Å². The highest BCUT2D eigenvalue weighted by atomic mass is 79.9. The van der Waals surface area contributed by atoms with E-state index in [-0.39, 0.29) is 11.3 Å². The zero-order valence-electron chi connectivity index (χ0n) is 10.5. The van der Waals surface area contributed by atoms with E-state index in [1.807, 2.05) is 0 Å². The molecule has 5 nitrogen and oxygen atoms in total. The van der Waals surface area contributed by atoms with Crippen LogP contribution in [0.5, 0.6) is 5.75 Å². The normalized spacial score (nSPS) is 10.7. The molecule has 2 aromatic heterocycles. The summed E-state index contributed by atoms with van der Waals surface area (Å²) in [6.07, 6.45) is 0. The molecule has 0 atom stereocenters. The molecule has 0 unspecified atom stereocenters. The van der Waals surface area contributed by atoms with Crippen LogP contribution < -0.4 is 10.9 Å². The minimum absolute atomic E-state index is 0.284. The Balaban J connectivity index is 2.01. The topological polar surface area (TPSA) is 82.2 Å². The molecule has 0 saturated heterocycles. The Bertz CT molecular complexity index is 883. The van der Waals surface area contributed by atoms with Crippen molar-refractivity contribution in [1.29, 1.82) is 0 Å². The smallest absolute Gasteiger partial charge is 0.265 e. The lowest BCUT2D eigenvalue weighted by Gasteiger charge is -2.07. The van der Waals surface area contributed by atoms with E-state index >= 15 is 0 Å². The highest BCUT2D eigenvalue weighted by Crippen LogP contribution is 2.29. The number of fused-ring (bicyclic) bond motifs is 1. The van der Waals surface area contributed by atoms with Crippen molar-refractivity contribution in [3.05, 3.63) is 56.1 Å². The molecule has 1 amide bonds. The minimum Gasteiger partial charge on any atom is -0.505 e. The predicted octanol–water partition coefficient (Wildman–Crippen LogP) is 3.31. The fourth-order valence-corrected chi connectivity index (χ4v) is 3.00. The summed E-state index contributed by atoms with van der Waals surface area (Å²) in [7, 11) is 0. The zero-order chi connectivity index (χ0) is 15.0. The summed E-state index contributed by atoms with van der Waals surface area (Å²) in [5.41, 5.74) is 0.150. The molecule has 0 aliphatic carbocycles. The van der Waals surface area contributed by atoms with Gasteiger partial charge in [0.1, 0.15) is 5.56 Å². The van der Waals surface area contributed by atoms with E-state index in [1.165, 1.54) is 11.3 Å². The fourth-order valence-electron chi connectivity index (χ4n) is 1.93. The number of H-pyrrole nitrogens is 1. The molecule has 3 aromatic rings. The van der Waals surface area contributed by atoms with E-state index < -0.39 is 11.5 Å². The van der Waals surface area contributed by atoms with Crippen LogP contribution >= 0.6 is 27.3 Å². The summed E-state index contributed by atoms with van der Waals surface area (Å²) in [6, 6.07) is 8.59. The van der Waals surface area contributed by atoms with Crippen LogP contribution in [0.15, 0.2) is 45.0 Å². The highest BCUT2D eigenvalue weighted by Gasteiger charge is 2.19. The van der Waals surface area contributed by atoms with E-state index in [0.717, 1.165) is 4.47 Å². The van der Waals surface area contributed by atoms with Crippen molar-refractivity contribution in [2.75, 3.05) is 5.32 Å². The second-order valence-corrected chi connectivity index (χ2v) is 6.13. The van der Waals surface area contributed by atoms with Crippen LogP contribution in [0.1, 0.15) is 10.4 Å². The van der Waals surface area contributed by atoms with Crippen LogP contribution in [-0.2, 0) is 0 Å². The van der Waals surface area contributed by atoms with Gasteiger partial charge in [0.05, 0.1) is 10.2 Å². The van der Waals surface area contributed by atoms with Gasteiger partial charge < -0.3 is 15.4 Å². The van der Waals surface area contributed by atoms with Crippen molar-refractivity contribution >= 4 is 49.1 Å². The van der Waals surface area contributed by atoms with Gasteiger partial charge in [-0.25, -0.2) is 0 Å². The Morgan fingerprint density at radius 3 is 2.67 bits per heavy atom. The Morgan fingerprint density at radius 1 is 1.24 bits per heavy atom. The summed E-state index contributed by atoms with van der Waals surface area (Å²) in [5.74, 6) is -0.940. The lowest BCUT2D eigenvalue weighted by Crippen LogP contribution is -2.23. The van der Waals surface area contributed by atoms with Crippen molar-refractivity contribution in [1.82, 2.24) is 4.98 Å². The monoisotopic (exact) mass is 364 g/mol. The molecular formula is C14H9BrN2O3S. The van der Waals surface area contributed by atoms with Crippen LogP contribution in [0.4, 0.5) is 5.69 Å². The Kier molecular flexibility index (Phi) is 3.52. The number of benzene rings is 1. The number of carbonyl (C=O) groups is 1. The molecule has 3 rings (SSSR count). The van der Waals surface area contributed by atoms with Crippen molar-refractivity contribution in [3.63, 3.8) is 0 Å². The number of aromatic nitrogens is 1. The fraction of sp³-hybridized carbons (Fsp3) is 0. The third kappa shape index (κ3) is 2.57. The molecule has 7 heteroatoms. The molecule has 2 heterocycles. The number of aromatic amines is 1. The van der Waals surface area contributed by atoms with Crippen LogP contribution in [0.3, 0.4) is 0 Å². The van der Waals surface area contributed by atoms with Crippen molar-refractivity contribution in [2.24, 2.45) is 0 Å². The van der Waals surface area contributed by atoms with E-state index in [4.69, 9.17) is 0 Å². The van der Waals surface area contributed by atoms with Crippen LogP contribution in [0.25, 0.3) is 10.2 Å². The Hall–Kier alpha value is -2.12. The number of thiophene rings is 1. The number of hydrogen-bond donors (Lipinski definition) is 3. The molecule has 1 aromatic carbocycles. The maximum atomic E-state index is 12.2. The second kappa shape index (κ2) is 5.34. The summed E-state index contributed by atoms with van der Waals surface area (Å²) in [4.78, 5) is 26.7. The lowest BCUT2D eigenvalue weighted by molar-refractivity contribution is 0.102. The molecular weight excluding hydrogens is 356 g/mol. The summed E-state index contributed by atoms with van der Waals surface area (Å²) < 4.78 is 1.36. The average molecular weight is 365 g/mol. The molecule has 0 saturated carbocycles. The SMILES string of the molecule is O=C(Nc1ccc(Br)cc1)c1c(O)c2sccc2[nH]c1=O. The van der Waals surface area contributed by atoms with Crippen molar-refractivity contribution < 1.29 is 9.90 Å². The maximum Gasteiger partial charge on any atom is 0.265 e. The third-order valence-corrected chi connectivity index (χ3v) is 4.37. The average Bonchev–Trinajstić information content (AvgIpc) is 2.90. The molecule has 0 aliphatic heterocycles. The van der Waals surface area contributed by atoms with Crippen molar-refractivity contribution in [2.45, 2.75) is 0 Å². The van der Waals surface area contributed by atoms with Crippen LogP contribution in [-0.4, -0.2) is 16.0 Å². The summed E-state index contributed by atoms with van der Waals surface area (Å²) in [6.45, 7) is 0. The van der Waals surface area contributed by atoms with Gasteiger partial charge in [-0.1, -0.05) is 15.9 Å². The van der Waals surface area contributed by atoms with E-state index in [1.54, 1.807) is 35.7 Å². The lowest BCUT2D eigenvalue weighted by atomic mass is 10.2. The number of carbonyl (C=O) groups excluding carboxylic acids is 1. The number of pyridine rings is 1. The van der Waals surface area contributed by atoms with E-state index in [2.05, 4.69) is 26.2 Å². The first-order valence-electron chi connectivity index (χ1n) is 5.95. The summed E-state index contributed by atoms with van der Waals surface area (Å²) >= 11 is 4.55. The molecule has 0 aliphatic rings. The number of aromatic hydroxyl groups is 1. The number of rotatable bonds is 2. The van der Waals surface area contributed by atoms with Gasteiger partial charge in [0.2, 0.25) is 0 Å². The first kappa shape index (κ1) is 13.8. The maximum absolute atomic E-state index is 12.2. The quantitative estimate of drug-likeness (QED) is 0.652. The van der Waals surface area contributed by atoms with Gasteiger partial charge >= 0.3 is 0 Å². The third-order valence-electron chi connectivity index (χ3n) is 2.92. The van der Waals surface area contributed by atoms with Gasteiger partial charge in [0.25, 0.3) is 11.5 Å². The van der Waals surface area contributed by atoms with Crippen LogP contribution in [0, 0.1) is 0 Å². The van der Waals surface area contributed by atoms with Crippen LogP contribution in [0.2, 0.25) is 0 Å². The number of halogens is 1. The van der Waals surface area contributed by atoms with E-state index in [9.17, 15) is 14.7 Å². The molecule has 106 valence electrons. The minimum atomic E-state index is -0.647. The van der Waals surface area contributed by atoms with Gasteiger partial charge in [0, 0.05) is 10.2 Å². The zero-order valence-corrected chi connectivity index (χ0v) is 12.9. The van der Waals surface area contributed by atoms with Gasteiger partial charge in [-0.05, 0) is 35.7 Å². The van der Waals surface area contributed by atoms with Crippen molar-refractivity contribution in [3.8, 4) is 5.75 Å². The molecule has 0 radical (unpaired) electrons. The largest absolute Gasteiger partial charge is 0.505 e. The number of nitrogens with one attached hydrogen (secondary N) is 2. The second-order valence-electron chi connectivity index (χ2n) is 4.30. The Labute approximate surface area is 131 Å². The first-order chi connectivity index (χ1) is 10.1. The summed E-state index contributed by atoms with van der Waals surface area (Å²) in [5, 5.41) is 14.5. The van der Waals surface area contributed by atoms with Gasteiger partial charge in [0.15, 0.2) is 5.75 Å². The molecule has 21 heavy (non-hydrogen) atoms. The predicted molar refractivity (Wildman–Crippen MR) is 86.2 cm³/mol. The number of anilines is 1. The van der Waals surface area contributed by atoms with Gasteiger partial charge in [-0.2, -0.15) is 0 Å². The number of hydrogen-bond acceptors (Lipinski definition) is 4. The highest BCUT2D eigenvalue weighted by molar-refractivity contribution is 9.10. The Morgan fingerprint density at radius 2 is 1.95 bits per heavy atom. The molecule has 0 spiro atoms. The van der Waals surface area contributed by atoms with Gasteiger partial charge in [-0.15, -0.1) is 11.3 Å².